The van der Waals surface area contributed by atoms with Crippen molar-refractivity contribution < 1.29 is 28.5 Å². The molecule has 7 heteroatoms. The van der Waals surface area contributed by atoms with E-state index < -0.39 is 15.5 Å². The van der Waals surface area contributed by atoms with Crippen LogP contribution in [0.5, 0.6) is 0 Å². The third-order valence-electron chi connectivity index (χ3n) is 2.01. The highest BCUT2D eigenvalue weighted by Gasteiger charge is 2.10. The van der Waals surface area contributed by atoms with E-state index in [9.17, 15) is 9.59 Å². The molecule has 0 atom stereocenters. The number of carbonyl (C=O) groups excluding carboxylic acids is 2. The summed E-state index contributed by atoms with van der Waals surface area (Å²) in [5, 5.41) is 0. The first-order valence-corrected chi connectivity index (χ1v) is 8.50. The Hall–Kier alpha value is -1.44. The summed E-state index contributed by atoms with van der Waals surface area (Å²) in [6, 6.07) is 0. The average molecular weight is 318 g/mol. The minimum atomic E-state index is -0.700. The third kappa shape index (κ3) is 14.8. The SMILES string of the molecule is C=C(C)C(=O)OC[SiH2]C(OCC)OCC.C=CC(=O)OC. The van der Waals surface area contributed by atoms with E-state index in [1.807, 2.05) is 13.8 Å². The standard InChI is InChI=1S/C10H20O4Si.C4H6O2/c1-5-12-10(13-6-2)15-7-14-9(11)8(3)4;1-3-4(5)6-2/h10H,3,5-7,15H2,1-2,4H3;3H,1H2,2H3. The minimum Gasteiger partial charge on any atom is -0.467 e. The maximum Gasteiger partial charge on any atom is 0.332 e. The number of carbonyl (C=O) groups is 2. The fourth-order valence-corrected chi connectivity index (χ4v) is 2.34. The monoisotopic (exact) mass is 318 g/mol. The highest BCUT2D eigenvalue weighted by Crippen LogP contribution is 1.96. The van der Waals surface area contributed by atoms with E-state index in [2.05, 4.69) is 17.9 Å². The van der Waals surface area contributed by atoms with Gasteiger partial charge in [0.15, 0.2) is 0 Å². The molecule has 0 aliphatic rings. The van der Waals surface area contributed by atoms with E-state index in [1.165, 1.54) is 7.11 Å². The number of hydrogen-bond donors (Lipinski definition) is 0. The topological polar surface area (TPSA) is 71.1 Å². The molecule has 0 aromatic rings. The predicted octanol–water partition coefficient (Wildman–Crippen LogP) is 0.934. The highest BCUT2D eigenvalue weighted by atomic mass is 28.2. The molecule has 0 aliphatic carbocycles. The number of esters is 2. The molecule has 0 saturated heterocycles. The van der Waals surface area contributed by atoms with Crippen molar-refractivity contribution in [3.05, 3.63) is 24.8 Å². The average Bonchev–Trinajstić information content (AvgIpc) is 2.47. The lowest BCUT2D eigenvalue weighted by atomic mass is 10.4. The molecule has 122 valence electrons. The second-order valence-corrected chi connectivity index (χ2v) is 5.42. The summed E-state index contributed by atoms with van der Waals surface area (Å²) in [5.41, 5.74) is 0.424. The smallest absolute Gasteiger partial charge is 0.332 e. The van der Waals surface area contributed by atoms with Gasteiger partial charge in [0, 0.05) is 24.9 Å². The molecule has 0 aliphatic heterocycles. The van der Waals surface area contributed by atoms with Crippen LogP contribution in [0.4, 0.5) is 0 Å². The molecule has 0 rings (SSSR count). The normalized spacial score (nSPS) is 9.95. The van der Waals surface area contributed by atoms with Gasteiger partial charge in [0.05, 0.1) is 13.3 Å². The lowest BCUT2D eigenvalue weighted by Crippen LogP contribution is -2.29. The van der Waals surface area contributed by atoms with Crippen molar-refractivity contribution in [2.45, 2.75) is 26.7 Å². The first kappa shape index (κ1) is 21.8. The second-order valence-electron chi connectivity index (χ2n) is 3.77. The Morgan fingerprint density at radius 3 is 2.05 bits per heavy atom. The van der Waals surface area contributed by atoms with Crippen LogP contribution < -0.4 is 0 Å². The van der Waals surface area contributed by atoms with Crippen LogP contribution >= 0.6 is 0 Å². The van der Waals surface area contributed by atoms with Gasteiger partial charge in [-0.2, -0.15) is 0 Å². The predicted molar refractivity (Wildman–Crippen MR) is 83.6 cm³/mol. The molecule has 6 nitrogen and oxygen atoms in total. The van der Waals surface area contributed by atoms with Crippen LogP contribution in [-0.2, 0) is 28.5 Å². The largest absolute Gasteiger partial charge is 0.467 e. The van der Waals surface area contributed by atoms with Crippen LogP contribution in [-0.4, -0.2) is 53.9 Å². The van der Waals surface area contributed by atoms with Gasteiger partial charge < -0.3 is 18.9 Å². The summed E-state index contributed by atoms with van der Waals surface area (Å²) >= 11 is 0. The van der Waals surface area contributed by atoms with Crippen LogP contribution in [0.2, 0.25) is 0 Å². The molecule has 21 heavy (non-hydrogen) atoms. The molecule has 0 fully saturated rings. The first-order chi connectivity index (χ1) is 9.92. The van der Waals surface area contributed by atoms with Crippen LogP contribution in [0, 0.1) is 0 Å². The molecule has 0 N–H and O–H groups in total. The van der Waals surface area contributed by atoms with Gasteiger partial charge in [-0.15, -0.1) is 0 Å². The molecule has 0 spiro atoms. The molecule has 0 amide bonds. The van der Waals surface area contributed by atoms with Crippen molar-refractivity contribution in [1.29, 1.82) is 0 Å². The van der Waals surface area contributed by atoms with Crippen molar-refractivity contribution in [2.24, 2.45) is 0 Å². The van der Waals surface area contributed by atoms with Gasteiger partial charge in [0.25, 0.3) is 0 Å². The van der Waals surface area contributed by atoms with Crippen LogP contribution in [0.25, 0.3) is 0 Å². The summed E-state index contributed by atoms with van der Waals surface area (Å²) in [6.07, 6.45) is 1.54. The molecule has 0 bridgehead atoms. The second kappa shape index (κ2) is 15.0. The molecule has 0 aromatic carbocycles. The lowest BCUT2D eigenvalue weighted by Gasteiger charge is -2.16. The number of rotatable bonds is 9. The molecule has 0 heterocycles. The zero-order chi connectivity index (χ0) is 16.7. The molecule has 0 aromatic heterocycles. The zero-order valence-electron chi connectivity index (χ0n) is 13.3. The summed E-state index contributed by atoms with van der Waals surface area (Å²) in [7, 11) is 0.609. The lowest BCUT2D eigenvalue weighted by molar-refractivity contribution is -0.137. The Bertz CT molecular complexity index is 323. The molecule has 0 radical (unpaired) electrons. The fourth-order valence-electron chi connectivity index (χ4n) is 1.04. The quantitative estimate of drug-likeness (QED) is 0.273. The van der Waals surface area contributed by atoms with Gasteiger partial charge in [-0.3, -0.25) is 0 Å². The molecular formula is C14H26O6Si. The first-order valence-electron chi connectivity index (χ1n) is 6.69. The summed E-state index contributed by atoms with van der Waals surface area (Å²) in [6.45, 7) is 13.4. The van der Waals surface area contributed by atoms with Gasteiger partial charge in [-0.05, 0) is 20.8 Å². The van der Waals surface area contributed by atoms with E-state index in [4.69, 9.17) is 14.2 Å². The minimum absolute atomic E-state index is 0.155. The molecule has 0 saturated carbocycles. The van der Waals surface area contributed by atoms with Crippen LogP contribution in [0.1, 0.15) is 20.8 Å². The van der Waals surface area contributed by atoms with Gasteiger partial charge >= 0.3 is 11.9 Å². The third-order valence-corrected chi connectivity index (χ3v) is 3.39. The van der Waals surface area contributed by atoms with E-state index in [1.54, 1.807) is 6.92 Å². The van der Waals surface area contributed by atoms with Crippen molar-refractivity contribution in [1.82, 2.24) is 0 Å². The van der Waals surface area contributed by atoms with Crippen molar-refractivity contribution >= 4 is 21.5 Å². The van der Waals surface area contributed by atoms with Gasteiger partial charge in [-0.1, -0.05) is 13.2 Å². The summed E-state index contributed by atoms with van der Waals surface area (Å²) < 4.78 is 19.8. The molecular weight excluding hydrogens is 292 g/mol. The van der Waals surface area contributed by atoms with Crippen molar-refractivity contribution in [3.63, 3.8) is 0 Å². The summed E-state index contributed by atoms with van der Waals surface area (Å²) in [4.78, 5) is 20.9. The molecule has 0 unspecified atom stereocenters. The van der Waals surface area contributed by atoms with Gasteiger partial charge in [0.2, 0.25) is 0 Å². The maximum absolute atomic E-state index is 11.1. The Morgan fingerprint density at radius 2 is 1.76 bits per heavy atom. The van der Waals surface area contributed by atoms with E-state index in [0.29, 0.717) is 25.0 Å². The Morgan fingerprint density at radius 1 is 1.24 bits per heavy atom. The number of methoxy groups -OCH3 is 1. The van der Waals surface area contributed by atoms with E-state index in [-0.39, 0.29) is 11.9 Å². The highest BCUT2D eigenvalue weighted by molar-refractivity contribution is 6.36. The fraction of sp³-hybridized carbons (Fsp3) is 0.571. The van der Waals surface area contributed by atoms with Gasteiger partial charge in [0.1, 0.15) is 15.4 Å². The summed E-state index contributed by atoms with van der Waals surface area (Å²) in [5.74, 6) is -0.887. The van der Waals surface area contributed by atoms with E-state index in [0.717, 1.165) is 6.08 Å². The Balaban J connectivity index is 0. The van der Waals surface area contributed by atoms with E-state index >= 15 is 0 Å². The van der Waals surface area contributed by atoms with Crippen molar-refractivity contribution in [2.75, 3.05) is 26.6 Å². The number of ether oxygens (including phenoxy) is 4. The Kier molecular flexibility index (Phi) is 15.6. The van der Waals surface area contributed by atoms with Crippen molar-refractivity contribution in [3.8, 4) is 0 Å². The zero-order valence-corrected chi connectivity index (χ0v) is 14.8. The maximum atomic E-state index is 11.1. The van der Waals surface area contributed by atoms with Crippen LogP contribution in [0.3, 0.4) is 0 Å². The number of hydrogen-bond acceptors (Lipinski definition) is 6. The Labute approximate surface area is 128 Å². The van der Waals surface area contributed by atoms with Gasteiger partial charge in [-0.25, -0.2) is 9.59 Å². The van der Waals surface area contributed by atoms with Crippen LogP contribution in [0.15, 0.2) is 24.8 Å².